The van der Waals surface area contributed by atoms with E-state index in [9.17, 15) is 9.18 Å². The van der Waals surface area contributed by atoms with Crippen molar-refractivity contribution >= 4 is 28.8 Å². The Morgan fingerprint density at radius 1 is 1.03 bits per heavy atom. The fourth-order valence-electron chi connectivity index (χ4n) is 4.05. The largest absolute Gasteiger partial charge is 0.497 e. The molecule has 3 aromatic carbocycles. The molecule has 1 N–H and O–H groups in total. The van der Waals surface area contributed by atoms with Crippen molar-refractivity contribution in [2.24, 2.45) is 0 Å². The number of methoxy groups -OCH3 is 2. The highest BCUT2D eigenvalue weighted by molar-refractivity contribution is 5.93. The lowest BCUT2D eigenvalue weighted by Crippen LogP contribution is -2.08. The number of carbonyl (C=O) groups excluding carboxylic acids is 1. The number of ether oxygens (including phenoxy) is 2. The van der Waals surface area contributed by atoms with Gasteiger partial charge in [0, 0.05) is 41.7 Å². The fraction of sp³-hybridized carbons (Fsp3) is 0.148. The summed E-state index contributed by atoms with van der Waals surface area (Å²) in [6.07, 6.45) is 3.27. The van der Waals surface area contributed by atoms with E-state index in [0.29, 0.717) is 47.0 Å². The Morgan fingerprint density at radius 3 is 2.60 bits per heavy atom. The van der Waals surface area contributed by atoms with Crippen molar-refractivity contribution in [2.45, 2.75) is 13.0 Å². The molecule has 7 nitrogen and oxygen atoms in total. The summed E-state index contributed by atoms with van der Waals surface area (Å²) in [5.74, 6) is 1.42. The van der Waals surface area contributed by atoms with Gasteiger partial charge in [-0.1, -0.05) is 30.3 Å². The molecule has 0 amide bonds. The van der Waals surface area contributed by atoms with Crippen molar-refractivity contribution in [3.63, 3.8) is 0 Å². The predicted molar refractivity (Wildman–Crippen MR) is 132 cm³/mol. The van der Waals surface area contributed by atoms with Crippen molar-refractivity contribution < 1.29 is 18.7 Å². The second kappa shape index (κ2) is 9.42. The maximum Gasteiger partial charge on any atom is 0.209 e. The molecule has 0 radical (unpaired) electrons. The topological polar surface area (TPSA) is 77.8 Å². The van der Waals surface area contributed by atoms with Crippen LogP contribution in [0.1, 0.15) is 27.2 Å². The maximum absolute atomic E-state index is 14.7. The van der Waals surface area contributed by atoms with Crippen LogP contribution in [-0.4, -0.2) is 34.9 Å². The van der Waals surface area contributed by atoms with Gasteiger partial charge in [0.2, 0.25) is 5.95 Å². The fourth-order valence-corrected chi connectivity index (χ4v) is 4.05. The van der Waals surface area contributed by atoms with Crippen LogP contribution in [-0.2, 0) is 13.0 Å². The van der Waals surface area contributed by atoms with Crippen molar-refractivity contribution in [3.05, 3.63) is 95.1 Å². The molecule has 0 saturated heterocycles. The molecule has 0 aliphatic heterocycles. The molecule has 8 heteroatoms. The molecule has 5 rings (SSSR count). The number of nitrogens with one attached hydrogen (secondary N) is 1. The number of fused-ring (bicyclic) bond motifs is 3. The Kier molecular flexibility index (Phi) is 6.01. The van der Waals surface area contributed by atoms with E-state index in [-0.39, 0.29) is 5.52 Å². The molecule has 2 heterocycles. The van der Waals surface area contributed by atoms with Gasteiger partial charge in [-0.2, -0.15) is 0 Å². The number of para-hydroxylation sites is 1. The smallest absolute Gasteiger partial charge is 0.209 e. The van der Waals surface area contributed by atoms with Gasteiger partial charge < -0.3 is 14.8 Å². The summed E-state index contributed by atoms with van der Waals surface area (Å²) < 4.78 is 27.3. The number of aldehydes is 1. The summed E-state index contributed by atoms with van der Waals surface area (Å²) in [6.45, 7) is 0.399. The lowest BCUT2D eigenvalue weighted by molar-refractivity contribution is 0.112. The molecular formula is C27H23FN4O3. The normalized spacial score (nSPS) is 11.1. The minimum absolute atomic E-state index is 0.247. The maximum atomic E-state index is 14.7. The van der Waals surface area contributed by atoms with Crippen molar-refractivity contribution in [1.82, 2.24) is 14.4 Å². The first-order valence-electron chi connectivity index (χ1n) is 11.0. The zero-order valence-electron chi connectivity index (χ0n) is 19.3. The van der Waals surface area contributed by atoms with Crippen LogP contribution in [0.5, 0.6) is 11.5 Å². The minimum Gasteiger partial charge on any atom is -0.497 e. The van der Waals surface area contributed by atoms with Crippen LogP contribution >= 0.6 is 0 Å². The highest BCUT2D eigenvalue weighted by Crippen LogP contribution is 2.28. The molecule has 0 aliphatic carbocycles. The number of aromatic nitrogens is 3. The van der Waals surface area contributed by atoms with E-state index in [1.54, 1.807) is 32.4 Å². The molecule has 0 unspecified atom stereocenters. The van der Waals surface area contributed by atoms with Gasteiger partial charge in [0.1, 0.15) is 34.8 Å². The molecule has 0 spiro atoms. The zero-order valence-corrected chi connectivity index (χ0v) is 19.3. The van der Waals surface area contributed by atoms with E-state index < -0.39 is 5.82 Å². The van der Waals surface area contributed by atoms with Crippen LogP contribution in [0.2, 0.25) is 0 Å². The van der Waals surface area contributed by atoms with E-state index >= 15 is 0 Å². The molecule has 0 aliphatic rings. The molecular weight excluding hydrogens is 447 g/mol. The minimum atomic E-state index is -0.413. The quantitative estimate of drug-likeness (QED) is 0.320. The average molecular weight is 471 g/mol. The van der Waals surface area contributed by atoms with Crippen LogP contribution in [0.25, 0.3) is 16.6 Å². The van der Waals surface area contributed by atoms with Crippen molar-refractivity contribution in [2.75, 3.05) is 19.5 Å². The summed E-state index contributed by atoms with van der Waals surface area (Å²) in [4.78, 5) is 20.3. The molecule has 2 aromatic heterocycles. The van der Waals surface area contributed by atoms with Gasteiger partial charge >= 0.3 is 0 Å². The number of anilines is 1. The molecule has 35 heavy (non-hydrogen) atoms. The monoisotopic (exact) mass is 470 g/mol. The zero-order chi connectivity index (χ0) is 24.4. The number of halogens is 1. The summed E-state index contributed by atoms with van der Waals surface area (Å²) in [5, 5.41) is 3.94. The van der Waals surface area contributed by atoms with Crippen LogP contribution in [0.3, 0.4) is 0 Å². The SMILES string of the molecule is COc1ccc(CNc2nc3c(F)cccc3c3nc(Cc4ccc(C=O)cc4)cn23)c(OC)c1. The highest BCUT2D eigenvalue weighted by Gasteiger charge is 2.15. The van der Waals surface area contributed by atoms with Crippen molar-refractivity contribution in [1.29, 1.82) is 0 Å². The Bertz CT molecular complexity index is 1530. The van der Waals surface area contributed by atoms with Crippen LogP contribution in [0, 0.1) is 5.82 Å². The first-order valence-corrected chi connectivity index (χ1v) is 11.0. The Morgan fingerprint density at radius 2 is 1.86 bits per heavy atom. The van der Waals surface area contributed by atoms with Gasteiger partial charge in [-0.15, -0.1) is 0 Å². The van der Waals surface area contributed by atoms with Crippen LogP contribution < -0.4 is 14.8 Å². The molecule has 0 saturated carbocycles. The van der Waals surface area contributed by atoms with Crippen LogP contribution in [0.15, 0.2) is 66.9 Å². The Hall–Kier alpha value is -4.46. The Balaban J connectivity index is 1.54. The molecule has 5 aromatic rings. The summed E-state index contributed by atoms with van der Waals surface area (Å²) in [7, 11) is 3.20. The molecule has 0 fully saturated rings. The number of hydrogen-bond donors (Lipinski definition) is 1. The predicted octanol–water partition coefficient (Wildman–Crippen LogP) is 5.05. The van der Waals surface area contributed by atoms with Gasteiger partial charge in [0.05, 0.1) is 19.9 Å². The second-order valence-electron chi connectivity index (χ2n) is 8.06. The van der Waals surface area contributed by atoms with Gasteiger partial charge in [0.15, 0.2) is 0 Å². The van der Waals surface area contributed by atoms with E-state index in [1.165, 1.54) is 6.07 Å². The molecule has 0 atom stereocenters. The third-order valence-corrected chi connectivity index (χ3v) is 5.86. The van der Waals surface area contributed by atoms with Crippen molar-refractivity contribution in [3.8, 4) is 11.5 Å². The van der Waals surface area contributed by atoms with E-state index in [1.807, 2.05) is 47.0 Å². The Labute approximate surface area is 201 Å². The second-order valence-corrected chi connectivity index (χ2v) is 8.06. The van der Waals surface area contributed by atoms with E-state index in [2.05, 4.69) is 10.3 Å². The average Bonchev–Trinajstić information content (AvgIpc) is 3.32. The van der Waals surface area contributed by atoms with Crippen LogP contribution in [0.4, 0.5) is 10.3 Å². The number of rotatable bonds is 8. The third-order valence-electron chi connectivity index (χ3n) is 5.86. The summed E-state index contributed by atoms with van der Waals surface area (Å²) in [6, 6.07) is 17.8. The lowest BCUT2D eigenvalue weighted by Gasteiger charge is -2.13. The standard InChI is InChI=1S/C27H23FN4O3/c1-34-21-11-10-19(24(13-21)35-2)14-29-27-31-25-22(4-3-5-23(25)28)26-30-20(15-32(26)27)12-17-6-8-18(16-33)9-7-17/h3-11,13,15-16H,12,14H2,1-2H3,(H,29,31). The molecule has 176 valence electrons. The first kappa shape index (κ1) is 22.3. The third kappa shape index (κ3) is 4.38. The number of carbonyl (C=O) groups is 1. The lowest BCUT2D eigenvalue weighted by atomic mass is 10.1. The van der Waals surface area contributed by atoms with E-state index in [4.69, 9.17) is 14.5 Å². The first-order chi connectivity index (χ1) is 17.1. The number of hydrogen-bond acceptors (Lipinski definition) is 6. The summed E-state index contributed by atoms with van der Waals surface area (Å²) >= 11 is 0. The van der Waals surface area contributed by atoms with Gasteiger partial charge in [0.25, 0.3) is 0 Å². The van der Waals surface area contributed by atoms with Gasteiger partial charge in [-0.25, -0.2) is 14.4 Å². The van der Waals surface area contributed by atoms with Gasteiger partial charge in [-0.05, 0) is 29.8 Å². The van der Waals surface area contributed by atoms with E-state index in [0.717, 1.165) is 23.1 Å². The number of nitrogens with zero attached hydrogens (tertiary/aromatic N) is 3. The number of benzene rings is 3. The van der Waals surface area contributed by atoms with Gasteiger partial charge in [-0.3, -0.25) is 9.20 Å². The summed E-state index contributed by atoms with van der Waals surface area (Å²) in [5.41, 5.74) is 4.18. The number of imidazole rings is 1. The highest BCUT2D eigenvalue weighted by atomic mass is 19.1. The molecule has 0 bridgehead atoms.